The first-order chi connectivity index (χ1) is 8.53. The number of aromatic nitrogens is 3. The standard InChI is InChI=1S/C13H16ClN3O/c1-3-17-12(15-9-16-17)8-13(2,18)10-4-6-11(14)7-5-10/h4-7,9,18H,3,8H2,1-2H3. The minimum absolute atomic E-state index is 0.419. The molecule has 1 unspecified atom stereocenters. The van der Waals surface area contributed by atoms with Crippen LogP contribution in [0.1, 0.15) is 25.2 Å². The largest absolute Gasteiger partial charge is 0.385 e. The fraction of sp³-hybridized carbons (Fsp3) is 0.385. The molecule has 0 aliphatic carbocycles. The fourth-order valence-corrected chi connectivity index (χ4v) is 2.03. The molecule has 96 valence electrons. The summed E-state index contributed by atoms with van der Waals surface area (Å²) >= 11 is 5.84. The highest BCUT2D eigenvalue weighted by atomic mass is 35.5. The molecule has 2 aromatic rings. The Morgan fingerprint density at radius 1 is 1.33 bits per heavy atom. The fourth-order valence-electron chi connectivity index (χ4n) is 1.91. The van der Waals surface area contributed by atoms with Gasteiger partial charge in [-0.15, -0.1) is 0 Å². The second-order valence-electron chi connectivity index (χ2n) is 4.45. The summed E-state index contributed by atoms with van der Waals surface area (Å²) in [6.07, 6.45) is 1.93. The van der Waals surface area contributed by atoms with E-state index in [2.05, 4.69) is 10.1 Å². The van der Waals surface area contributed by atoms with Crippen molar-refractivity contribution < 1.29 is 5.11 Å². The molecule has 0 saturated carbocycles. The predicted molar refractivity (Wildman–Crippen MR) is 70.4 cm³/mol. The van der Waals surface area contributed by atoms with Crippen molar-refractivity contribution in [1.29, 1.82) is 0 Å². The van der Waals surface area contributed by atoms with Gasteiger partial charge in [-0.2, -0.15) is 5.10 Å². The van der Waals surface area contributed by atoms with Crippen molar-refractivity contribution >= 4 is 11.6 Å². The second kappa shape index (κ2) is 5.08. The quantitative estimate of drug-likeness (QED) is 0.924. The molecule has 0 saturated heterocycles. The summed E-state index contributed by atoms with van der Waals surface area (Å²) in [7, 11) is 0. The molecule has 5 heteroatoms. The van der Waals surface area contributed by atoms with Crippen LogP contribution in [0.25, 0.3) is 0 Å². The van der Waals surface area contributed by atoms with Crippen LogP contribution in [0.3, 0.4) is 0 Å². The van der Waals surface area contributed by atoms with Crippen LogP contribution in [0.2, 0.25) is 5.02 Å². The monoisotopic (exact) mass is 265 g/mol. The Labute approximate surface area is 111 Å². The minimum atomic E-state index is -0.982. The molecule has 1 heterocycles. The lowest BCUT2D eigenvalue weighted by Gasteiger charge is -2.23. The van der Waals surface area contributed by atoms with Gasteiger partial charge in [-0.25, -0.2) is 4.98 Å². The first-order valence-electron chi connectivity index (χ1n) is 5.88. The number of aliphatic hydroxyl groups is 1. The molecular formula is C13H16ClN3O. The normalized spacial score (nSPS) is 14.4. The molecular weight excluding hydrogens is 250 g/mol. The number of nitrogens with zero attached hydrogens (tertiary/aromatic N) is 3. The second-order valence-corrected chi connectivity index (χ2v) is 4.89. The van der Waals surface area contributed by atoms with Crippen molar-refractivity contribution in [3.05, 3.63) is 47.0 Å². The van der Waals surface area contributed by atoms with Gasteiger partial charge in [0.25, 0.3) is 0 Å². The van der Waals surface area contributed by atoms with Gasteiger partial charge in [-0.3, -0.25) is 4.68 Å². The van der Waals surface area contributed by atoms with Crippen LogP contribution < -0.4 is 0 Å². The van der Waals surface area contributed by atoms with Crippen LogP contribution in [0.4, 0.5) is 0 Å². The van der Waals surface area contributed by atoms with Crippen molar-refractivity contribution in [3.63, 3.8) is 0 Å². The molecule has 4 nitrogen and oxygen atoms in total. The Bertz CT molecular complexity index is 519. The Balaban J connectivity index is 2.23. The SMILES string of the molecule is CCn1ncnc1CC(C)(O)c1ccc(Cl)cc1. The summed E-state index contributed by atoms with van der Waals surface area (Å²) in [5.74, 6) is 0.775. The van der Waals surface area contributed by atoms with E-state index in [0.29, 0.717) is 11.4 Å². The van der Waals surface area contributed by atoms with E-state index in [4.69, 9.17) is 11.6 Å². The van der Waals surface area contributed by atoms with Crippen LogP contribution in [0.5, 0.6) is 0 Å². The zero-order valence-electron chi connectivity index (χ0n) is 10.5. The van der Waals surface area contributed by atoms with Crippen LogP contribution in [-0.4, -0.2) is 19.9 Å². The minimum Gasteiger partial charge on any atom is -0.385 e. The van der Waals surface area contributed by atoms with Gasteiger partial charge in [0.15, 0.2) is 0 Å². The van der Waals surface area contributed by atoms with E-state index >= 15 is 0 Å². The van der Waals surface area contributed by atoms with Crippen molar-refractivity contribution in [1.82, 2.24) is 14.8 Å². The molecule has 1 aromatic heterocycles. The number of hydrogen-bond donors (Lipinski definition) is 1. The van der Waals surface area contributed by atoms with Gasteiger partial charge in [0, 0.05) is 18.0 Å². The predicted octanol–water partition coefficient (Wildman–Crippen LogP) is 2.40. The van der Waals surface area contributed by atoms with E-state index in [9.17, 15) is 5.11 Å². The van der Waals surface area contributed by atoms with Gasteiger partial charge in [0.2, 0.25) is 0 Å². The summed E-state index contributed by atoms with van der Waals surface area (Å²) in [5, 5.41) is 15.3. The van der Waals surface area contributed by atoms with Crippen LogP contribution in [0.15, 0.2) is 30.6 Å². The van der Waals surface area contributed by atoms with Crippen molar-refractivity contribution in [2.75, 3.05) is 0 Å². The summed E-state index contributed by atoms with van der Waals surface area (Å²) in [4.78, 5) is 4.18. The molecule has 0 aliphatic rings. The van der Waals surface area contributed by atoms with Crippen LogP contribution in [0, 0.1) is 0 Å². The average molecular weight is 266 g/mol. The number of halogens is 1. The highest BCUT2D eigenvalue weighted by Gasteiger charge is 2.25. The maximum Gasteiger partial charge on any atom is 0.138 e. The highest BCUT2D eigenvalue weighted by Crippen LogP contribution is 2.25. The molecule has 1 aromatic carbocycles. The van der Waals surface area contributed by atoms with Crippen molar-refractivity contribution in [2.24, 2.45) is 0 Å². The van der Waals surface area contributed by atoms with Gasteiger partial charge in [0.05, 0.1) is 5.60 Å². The van der Waals surface area contributed by atoms with Crippen molar-refractivity contribution in [3.8, 4) is 0 Å². The topological polar surface area (TPSA) is 50.9 Å². The lowest BCUT2D eigenvalue weighted by Crippen LogP contribution is -2.26. The molecule has 18 heavy (non-hydrogen) atoms. The van der Waals surface area contributed by atoms with E-state index in [0.717, 1.165) is 17.9 Å². The summed E-state index contributed by atoms with van der Waals surface area (Å²) in [6.45, 7) is 4.51. The van der Waals surface area contributed by atoms with Gasteiger partial charge >= 0.3 is 0 Å². The number of rotatable bonds is 4. The molecule has 0 radical (unpaired) electrons. The van der Waals surface area contributed by atoms with E-state index in [1.165, 1.54) is 6.33 Å². The van der Waals surface area contributed by atoms with Gasteiger partial charge in [-0.1, -0.05) is 23.7 Å². The lowest BCUT2D eigenvalue weighted by atomic mass is 9.92. The van der Waals surface area contributed by atoms with E-state index < -0.39 is 5.60 Å². The average Bonchev–Trinajstić information content (AvgIpc) is 2.76. The Hall–Kier alpha value is -1.39. The summed E-state index contributed by atoms with van der Waals surface area (Å²) < 4.78 is 1.78. The molecule has 0 amide bonds. The van der Waals surface area contributed by atoms with E-state index in [1.807, 2.05) is 19.1 Å². The molecule has 1 atom stereocenters. The molecule has 0 aliphatic heterocycles. The Morgan fingerprint density at radius 2 is 2.00 bits per heavy atom. The number of benzene rings is 1. The van der Waals surface area contributed by atoms with Gasteiger partial charge in [0.1, 0.15) is 12.2 Å². The Kier molecular flexibility index (Phi) is 3.68. The van der Waals surface area contributed by atoms with Crippen molar-refractivity contribution in [2.45, 2.75) is 32.4 Å². The molecule has 2 rings (SSSR count). The smallest absolute Gasteiger partial charge is 0.138 e. The zero-order valence-corrected chi connectivity index (χ0v) is 11.2. The zero-order chi connectivity index (χ0) is 13.2. The Morgan fingerprint density at radius 3 is 2.61 bits per heavy atom. The lowest BCUT2D eigenvalue weighted by molar-refractivity contribution is 0.0543. The summed E-state index contributed by atoms with van der Waals surface area (Å²) in [6, 6.07) is 7.20. The van der Waals surface area contributed by atoms with E-state index in [-0.39, 0.29) is 0 Å². The number of hydrogen-bond acceptors (Lipinski definition) is 3. The third-order valence-electron chi connectivity index (χ3n) is 2.96. The van der Waals surface area contributed by atoms with Crippen LogP contribution in [-0.2, 0) is 18.6 Å². The van der Waals surface area contributed by atoms with E-state index in [1.54, 1.807) is 23.7 Å². The maximum atomic E-state index is 10.5. The third kappa shape index (κ3) is 2.71. The summed E-state index contributed by atoms with van der Waals surface area (Å²) in [5.41, 5.74) is -0.164. The van der Waals surface area contributed by atoms with Crippen LogP contribution >= 0.6 is 11.6 Å². The first-order valence-corrected chi connectivity index (χ1v) is 6.26. The molecule has 0 bridgehead atoms. The third-order valence-corrected chi connectivity index (χ3v) is 3.22. The van der Waals surface area contributed by atoms with Gasteiger partial charge < -0.3 is 5.11 Å². The first kappa shape index (κ1) is 13.1. The maximum absolute atomic E-state index is 10.5. The molecule has 1 N–H and O–H groups in total. The number of aryl methyl sites for hydroxylation is 1. The highest BCUT2D eigenvalue weighted by molar-refractivity contribution is 6.30. The molecule has 0 fully saturated rings. The van der Waals surface area contributed by atoms with Gasteiger partial charge in [-0.05, 0) is 31.5 Å². The molecule has 0 spiro atoms.